The quantitative estimate of drug-likeness (QED) is 0.785. The summed E-state index contributed by atoms with van der Waals surface area (Å²) in [6, 6.07) is 5.89. The van der Waals surface area contributed by atoms with Crippen LogP contribution < -0.4 is 10.2 Å². The Morgan fingerprint density at radius 2 is 1.62 bits per heavy atom. The summed E-state index contributed by atoms with van der Waals surface area (Å²) in [6.45, 7) is 1.25. The minimum absolute atomic E-state index is 0.130. The van der Waals surface area contributed by atoms with E-state index < -0.39 is 34.8 Å². The number of carbonyl (C=O) groups is 1. The number of benzene rings is 2. The van der Waals surface area contributed by atoms with Gasteiger partial charge >= 0.3 is 6.18 Å². The Hall–Kier alpha value is -2.64. The third-order valence-corrected chi connectivity index (χ3v) is 4.21. The zero-order valence-corrected chi connectivity index (χ0v) is 13.5. The second-order valence-electron chi connectivity index (χ2n) is 5.97. The van der Waals surface area contributed by atoms with Crippen LogP contribution in [0.1, 0.15) is 28.8 Å². The fourth-order valence-corrected chi connectivity index (χ4v) is 2.95. The molecule has 138 valence electrons. The van der Waals surface area contributed by atoms with E-state index in [-0.39, 0.29) is 5.69 Å². The van der Waals surface area contributed by atoms with Gasteiger partial charge in [-0.3, -0.25) is 4.79 Å². The molecule has 2 aromatic carbocycles. The predicted octanol–water partition coefficient (Wildman–Crippen LogP) is 4.84. The molecule has 1 amide bonds. The van der Waals surface area contributed by atoms with Crippen molar-refractivity contribution in [1.29, 1.82) is 0 Å². The van der Waals surface area contributed by atoms with Crippen LogP contribution in [0.25, 0.3) is 0 Å². The summed E-state index contributed by atoms with van der Waals surface area (Å²) >= 11 is 0. The number of amides is 1. The number of alkyl halides is 3. The number of nitrogens with zero attached hydrogens (tertiary/aromatic N) is 1. The summed E-state index contributed by atoms with van der Waals surface area (Å²) in [4.78, 5) is 14.1. The highest BCUT2D eigenvalue weighted by Gasteiger charge is 2.32. The third kappa shape index (κ3) is 3.63. The molecule has 1 saturated heterocycles. The molecule has 0 aromatic heterocycles. The van der Waals surface area contributed by atoms with E-state index in [9.17, 15) is 26.7 Å². The van der Waals surface area contributed by atoms with Gasteiger partial charge in [0, 0.05) is 13.1 Å². The Morgan fingerprint density at radius 1 is 1.00 bits per heavy atom. The topological polar surface area (TPSA) is 32.3 Å². The molecule has 8 heteroatoms. The number of hydrogen-bond donors (Lipinski definition) is 1. The molecule has 0 atom stereocenters. The first-order valence-electron chi connectivity index (χ1n) is 7.99. The van der Waals surface area contributed by atoms with Gasteiger partial charge in [0.25, 0.3) is 5.91 Å². The lowest BCUT2D eigenvalue weighted by Gasteiger charge is -2.23. The van der Waals surface area contributed by atoms with Gasteiger partial charge in [-0.1, -0.05) is 6.07 Å². The maximum absolute atomic E-state index is 13.8. The Bertz CT molecular complexity index is 809. The van der Waals surface area contributed by atoms with Crippen molar-refractivity contribution in [3.8, 4) is 0 Å². The Balaban J connectivity index is 2.00. The van der Waals surface area contributed by atoms with Crippen LogP contribution in [0.5, 0.6) is 0 Å². The lowest BCUT2D eigenvalue weighted by Crippen LogP contribution is -2.22. The van der Waals surface area contributed by atoms with Crippen LogP contribution in [0.3, 0.4) is 0 Å². The molecular weight excluding hydrogens is 355 g/mol. The van der Waals surface area contributed by atoms with Gasteiger partial charge in [0.1, 0.15) is 17.2 Å². The average Bonchev–Trinajstić information content (AvgIpc) is 3.08. The van der Waals surface area contributed by atoms with Crippen LogP contribution in [0.15, 0.2) is 36.4 Å². The highest BCUT2D eigenvalue weighted by molar-refractivity contribution is 6.06. The average molecular weight is 370 g/mol. The normalized spacial score (nSPS) is 14.6. The van der Waals surface area contributed by atoms with E-state index in [1.807, 2.05) is 4.90 Å². The van der Waals surface area contributed by atoms with Gasteiger partial charge in [-0.15, -0.1) is 0 Å². The number of rotatable bonds is 3. The summed E-state index contributed by atoms with van der Waals surface area (Å²) in [6.07, 6.45) is -2.86. The molecule has 26 heavy (non-hydrogen) atoms. The molecular formula is C18H15F5N2O. The maximum atomic E-state index is 13.8. The molecule has 1 N–H and O–H groups in total. The molecule has 0 saturated carbocycles. The number of nitrogens with one attached hydrogen (secondary N) is 1. The Morgan fingerprint density at radius 3 is 2.19 bits per heavy atom. The van der Waals surface area contributed by atoms with Gasteiger partial charge in [0.05, 0.1) is 16.9 Å². The molecule has 1 heterocycles. The molecule has 1 aliphatic heterocycles. The second-order valence-corrected chi connectivity index (χ2v) is 5.97. The standard InChI is InChI=1S/C18H15F5N2O/c19-12-4-3-5-13(20)16(12)17(26)24-14-10-11(18(21,22)23)6-7-15(14)25-8-1-2-9-25/h3-7,10H,1-2,8-9H2,(H,24,26). The van der Waals surface area contributed by atoms with Gasteiger partial charge in [0.15, 0.2) is 0 Å². The first kappa shape index (κ1) is 18.2. The van der Waals surface area contributed by atoms with E-state index in [2.05, 4.69) is 5.32 Å². The highest BCUT2D eigenvalue weighted by atomic mass is 19.4. The molecule has 0 radical (unpaired) electrons. The van der Waals surface area contributed by atoms with Crippen LogP contribution in [0.4, 0.5) is 33.3 Å². The van der Waals surface area contributed by atoms with Crippen molar-refractivity contribution in [3.05, 3.63) is 59.2 Å². The van der Waals surface area contributed by atoms with Gasteiger partial charge in [-0.25, -0.2) is 8.78 Å². The van der Waals surface area contributed by atoms with E-state index in [1.54, 1.807) is 0 Å². The maximum Gasteiger partial charge on any atom is 0.416 e. The zero-order valence-electron chi connectivity index (χ0n) is 13.5. The van der Waals surface area contributed by atoms with Crippen LogP contribution in [-0.2, 0) is 6.18 Å². The van der Waals surface area contributed by atoms with Crippen LogP contribution in [-0.4, -0.2) is 19.0 Å². The molecule has 0 spiro atoms. The summed E-state index contributed by atoms with van der Waals surface area (Å²) < 4.78 is 66.6. The molecule has 0 bridgehead atoms. The van der Waals surface area contributed by atoms with E-state index in [0.717, 1.165) is 43.2 Å². The van der Waals surface area contributed by atoms with Crippen molar-refractivity contribution in [1.82, 2.24) is 0 Å². The molecule has 1 aliphatic rings. The van der Waals surface area contributed by atoms with Crippen molar-refractivity contribution in [2.75, 3.05) is 23.3 Å². The fraction of sp³-hybridized carbons (Fsp3) is 0.278. The van der Waals surface area contributed by atoms with Gasteiger partial charge in [-0.05, 0) is 43.2 Å². The lowest BCUT2D eigenvalue weighted by atomic mass is 10.1. The first-order chi connectivity index (χ1) is 12.3. The number of hydrogen-bond acceptors (Lipinski definition) is 2. The first-order valence-corrected chi connectivity index (χ1v) is 7.99. The van der Waals surface area contributed by atoms with Crippen molar-refractivity contribution < 1.29 is 26.7 Å². The number of anilines is 2. The minimum Gasteiger partial charge on any atom is -0.370 e. The van der Waals surface area contributed by atoms with Crippen molar-refractivity contribution in [2.24, 2.45) is 0 Å². The van der Waals surface area contributed by atoms with Gasteiger partial charge < -0.3 is 10.2 Å². The Kier molecular flexibility index (Phi) is 4.84. The molecule has 3 nitrogen and oxygen atoms in total. The summed E-state index contributed by atoms with van der Waals surface area (Å²) in [5.74, 6) is -3.31. The lowest BCUT2D eigenvalue weighted by molar-refractivity contribution is -0.137. The largest absolute Gasteiger partial charge is 0.416 e. The van der Waals surface area contributed by atoms with Gasteiger partial charge in [-0.2, -0.15) is 13.2 Å². The van der Waals surface area contributed by atoms with Crippen molar-refractivity contribution in [3.63, 3.8) is 0 Å². The summed E-state index contributed by atoms with van der Waals surface area (Å²) in [5.41, 5.74) is -1.53. The zero-order chi connectivity index (χ0) is 18.9. The molecule has 0 aliphatic carbocycles. The molecule has 2 aromatic rings. The number of carbonyl (C=O) groups excluding carboxylic acids is 1. The SMILES string of the molecule is O=C(Nc1cc(C(F)(F)F)ccc1N1CCCC1)c1c(F)cccc1F. The molecule has 0 unspecified atom stereocenters. The van der Waals surface area contributed by atoms with Crippen LogP contribution >= 0.6 is 0 Å². The van der Waals surface area contributed by atoms with Gasteiger partial charge in [0.2, 0.25) is 0 Å². The molecule has 1 fully saturated rings. The highest BCUT2D eigenvalue weighted by Crippen LogP contribution is 2.36. The van der Waals surface area contributed by atoms with Crippen LogP contribution in [0.2, 0.25) is 0 Å². The fourth-order valence-electron chi connectivity index (χ4n) is 2.95. The van der Waals surface area contributed by atoms with E-state index in [4.69, 9.17) is 0 Å². The van der Waals surface area contributed by atoms with E-state index >= 15 is 0 Å². The third-order valence-electron chi connectivity index (χ3n) is 4.21. The smallest absolute Gasteiger partial charge is 0.370 e. The summed E-state index contributed by atoms with van der Waals surface area (Å²) in [7, 11) is 0. The monoisotopic (exact) mass is 370 g/mol. The molecule has 3 rings (SSSR count). The second kappa shape index (κ2) is 6.93. The van der Waals surface area contributed by atoms with Crippen molar-refractivity contribution in [2.45, 2.75) is 19.0 Å². The Labute approximate surface area is 146 Å². The minimum atomic E-state index is -4.60. The van der Waals surface area contributed by atoms with E-state index in [1.165, 1.54) is 6.07 Å². The number of halogens is 5. The van der Waals surface area contributed by atoms with Crippen LogP contribution in [0, 0.1) is 11.6 Å². The van der Waals surface area contributed by atoms with E-state index in [0.29, 0.717) is 18.8 Å². The van der Waals surface area contributed by atoms with Crippen molar-refractivity contribution >= 4 is 17.3 Å². The predicted molar refractivity (Wildman–Crippen MR) is 87.2 cm³/mol. The summed E-state index contributed by atoms with van der Waals surface area (Å²) in [5, 5.41) is 2.24.